The first kappa shape index (κ1) is 12.6. The van der Waals surface area contributed by atoms with E-state index in [2.05, 4.69) is 48.8 Å². The van der Waals surface area contributed by atoms with Gasteiger partial charge in [0.15, 0.2) is 0 Å². The molecule has 0 saturated heterocycles. The predicted molar refractivity (Wildman–Crippen MR) is 83.5 cm³/mol. The van der Waals surface area contributed by atoms with Crippen LogP contribution in [0.15, 0.2) is 34.9 Å². The summed E-state index contributed by atoms with van der Waals surface area (Å²) in [5, 5.41) is 3.22. The number of nitrogen functional groups attached to an aromatic ring is 1. The molecule has 0 unspecified atom stereocenters. The average Bonchev–Trinajstić information content (AvgIpc) is 2.29. The molecular weight excluding hydrogens is 393 g/mol. The molecule has 0 aliphatic heterocycles. The van der Waals surface area contributed by atoms with Crippen LogP contribution in [0.4, 0.5) is 17.2 Å². The third kappa shape index (κ3) is 3.10. The number of nitrogens with two attached hydrogens (primary N) is 1. The van der Waals surface area contributed by atoms with E-state index in [9.17, 15) is 0 Å². The van der Waals surface area contributed by atoms with Gasteiger partial charge in [-0.1, -0.05) is 0 Å². The second-order valence-corrected chi connectivity index (χ2v) is 5.70. The van der Waals surface area contributed by atoms with Crippen LogP contribution in [0.2, 0.25) is 0 Å². The number of halogens is 2. The van der Waals surface area contributed by atoms with Crippen LogP contribution in [0, 0.1) is 10.5 Å². The van der Waals surface area contributed by atoms with Gasteiger partial charge in [-0.2, -0.15) is 0 Å². The van der Waals surface area contributed by atoms with Crippen LogP contribution in [0.3, 0.4) is 0 Å². The van der Waals surface area contributed by atoms with Crippen LogP contribution in [-0.2, 0) is 0 Å². The van der Waals surface area contributed by atoms with Crippen LogP contribution in [0.1, 0.15) is 5.56 Å². The second-order valence-electron chi connectivity index (χ2n) is 3.68. The Labute approximate surface area is 122 Å². The maximum Gasteiger partial charge on any atom is 0.132 e. The summed E-state index contributed by atoms with van der Waals surface area (Å²) in [6.07, 6.45) is 1.77. The van der Waals surface area contributed by atoms with Gasteiger partial charge in [-0.15, -0.1) is 0 Å². The van der Waals surface area contributed by atoms with Crippen molar-refractivity contribution in [2.24, 2.45) is 0 Å². The summed E-state index contributed by atoms with van der Waals surface area (Å²) >= 11 is 5.74. The zero-order valence-electron chi connectivity index (χ0n) is 9.17. The van der Waals surface area contributed by atoms with E-state index in [1.54, 1.807) is 6.20 Å². The Morgan fingerprint density at radius 1 is 1.35 bits per heavy atom. The van der Waals surface area contributed by atoms with Crippen molar-refractivity contribution in [3.8, 4) is 0 Å². The molecule has 3 N–H and O–H groups in total. The number of nitrogens with one attached hydrogen (secondary N) is 1. The molecule has 17 heavy (non-hydrogen) atoms. The van der Waals surface area contributed by atoms with E-state index >= 15 is 0 Å². The number of rotatable bonds is 2. The summed E-state index contributed by atoms with van der Waals surface area (Å²) in [7, 11) is 0. The van der Waals surface area contributed by atoms with Gasteiger partial charge in [-0.3, -0.25) is 0 Å². The normalized spacial score (nSPS) is 10.3. The molecule has 0 atom stereocenters. The highest BCUT2D eigenvalue weighted by atomic mass is 127. The molecule has 1 aromatic carbocycles. The summed E-state index contributed by atoms with van der Waals surface area (Å²) < 4.78 is 2.23. The third-order valence-corrected chi connectivity index (χ3v) is 4.66. The fraction of sp³-hybridized carbons (Fsp3) is 0.0833. The Kier molecular flexibility index (Phi) is 3.88. The number of aromatic nitrogens is 1. The molecule has 88 valence electrons. The first-order valence-corrected chi connectivity index (χ1v) is 6.87. The number of nitrogens with zero attached hydrogens (tertiary/aromatic N) is 1. The Hall–Kier alpha value is -0.820. The number of anilines is 3. The van der Waals surface area contributed by atoms with Crippen molar-refractivity contribution in [3.05, 3.63) is 44.1 Å². The minimum absolute atomic E-state index is 0.745. The highest BCUT2D eigenvalue weighted by molar-refractivity contribution is 14.1. The Morgan fingerprint density at radius 3 is 2.76 bits per heavy atom. The summed E-state index contributed by atoms with van der Waals surface area (Å²) in [5.41, 5.74) is 8.56. The standard InChI is InChI=1S/C12H11BrIN3/c1-7-6-16-12(5-11(7)15)17-8-2-3-9(13)10(14)4-8/h2-6H,1H3,(H3,15,16,17). The van der Waals surface area contributed by atoms with E-state index in [-0.39, 0.29) is 0 Å². The van der Waals surface area contributed by atoms with Gasteiger partial charge in [0.1, 0.15) is 5.82 Å². The minimum Gasteiger partial charge on any atom is -0.398 e. The lowest BCUT2D eigenvalue weighted by Gasteiger charge is -2.08. The van der Waals surface area contributed by atoms with Crippen LogP contribution in [0.25, 0.3) is 0 Å². The van der Waals surface area contributed by atoms with E-state index in [4.69, 9.17) is 5.73 Å². The van der Waals surface area contributed by atoms with Crippen LogP contribution in [-0.4, -0.2) is 4.98 Å². The summed E-state index contributed by atoms with van der Waals surface area (Å²) in [6.45, 7) is 1.94. The molecule has 0 fully saturated rings. The van der Waals surface area contributed by atoms with E-state index in [0.717, 1.165) is 30.8 Å². The summed E-state index contributed by atoms with van der Waals surface area (Å²) in [6, 6.07) is 7.87. The predicted octanol–water partition coefficient (Wildman–Crippen LogP) is 4.08. The van der Waals surface area contributed by atoms with Crippen LogP contribution in [0.5, 0.6) is 0 Å². The first-order chi connectivity index (χ1) is 8.06. The molecule has 0 spiro atoms. The van der Waals surface area contributed by atoms with Crippen molar-refractivity contribution in [2.75, 3.05) is 11.1 Å². The molecule has 0 saturated carbocycles. The molecule has 1 heterocycles. The fourth-order valence-corrected chi connectivity index (χ4v) is 2.09. The molecule has 0 bridgehead atoms. The molecule has 2 aromatic rings. The highest BCUT2D eigenvalue weighted by Gasteiger charge is 2.01. The van der Waals surface area contributed by atoms with Gasteiger partial charge < -0.3 is 11.1 Å². The van der Waals surface area contributed by atoms with E-state index in [1.165, 1.54) is 0 Å². The Balaban J connectivity index is 2.25. The Bertz CT molecular complexity index is 508. The molecule has 3 nitrogen and oxygen atoms in total. The van der Waals surface area contributed by atoms with Gasteiger partial charge in [-0.05, 0) is 69.2 Å². The molecule has 0 aliphatic carbocycles. The minimum atomic E-state index is 0.745. The average molecular weight is 404 g/mol. The number of benzene rings is 1. The zero-order chi connectivity index (χ0) is 12.4. The zero-order valence-corrected chi connectivity index (χ0v) is 12.9. The van der Waals surface area contributed by atoms with Gasteiger partial charge in [0.25, 0.3) is 0 Å². The van der Waals surface area contributed by atoms with Crippen LogP contribution >= 0.6 is 38.5 Å². The molecule has 0 amide bonds. The van der Waals surface area contributed by atoms with Crippen molar-refractivity contribution in [3.63, 3.8) is 0 Å². The largest absolute Gasteiger partial charge is 0.398 e. The molecule has 0 radical (unpaired) electrons. The maximum absolute atomic E-state index is 5.84. The topological polar surface area (TPSA) is 50.9 Å². The van der Waals surface area contributed by atoms with Gasteiger partial charge in [-0.25, -0.2) is 4.98 Å². The van der Waals surface area contributed by atoms with Crippen LogP contribution < -0.4 is 11.1 Å². The number of hydrogen-bond acceptors (Lipinski definition) is 3. The maximum atomic E-state index is 5.84. The highest BCUT2D eigenvalue weighted by Crippen LogP contribution is 2.25. The van der Waals surface area contributed by atoms with Gasteiger partial charge in [0.2, 0.25) is 0 Å². The third-order valence-electron chi connectivity index (χ3n) is 2.34. The fourth-order valence-electron chi connectivity index (χ4n) is 1.33. The molecule has 1 aromatic heterocycles. The molecule has 5 heteroatoms. The Morgan fingerprint density at radius 2 is 2.12 bits per heavy atom. The lowest BCUT2D eigenvalue weighted by Crippen LogP contribution is -1.97. The van der Waals surface area contributed by atoms with Gasteiger partial charge in [0.05, 0.1) is 0 Å². The number of hydrogen-bond donors (Lipinski definition) is 2. The van der Waals surface area contributed by atoms with Crippen molar-refractivity contribution < 1.29 is 0 Å². The van der Waals surface area contributed by atoms with Crippen molar-refractivity contribution in [1.82, 2.24) is 4.98 Å². The smallest absolute Gasteiger partial charge is 0.132 e. The monoisotopic (exact) mass is 403 g/mol. The first-order valence-electron chi connectivity index (χ1n) is 5.00. The van der Waals surface area contributed by atoms with Crippen molar-refractivity contribution in [2.45, 2.75) is 6.92 Å². The number of aryl methyl sites for hydroxylation is 1. The molecule has 0 aliphatic rings. The molecular formula is C12H11BrIN3. The van der Waals surface area contributed by atoms with E-state index in [0.29, 0.717) is 0 Å². The quantitative estimate of drug-likeness (QED) is 0.742. The van der Waals surface area contributed by atoms with E-state index < -0.39 is 0 Å². The van der Waals surface area contributed by atoms with Gasteiger partial charge >= 0.3 is 0 Å². The lowest BCUT2D eigenvalue weighted by molar-refractivity contribution is 1.26. The molecule has 2 rings (SSSR count). The van der Waals surface area contributed by atoms with Crippen molar-refractivity contribution in [1.29, 1.82) is 0 Å². The van der Waals surface area contributed by atoms with Gasteiger partial charge in [0, 0.05) is 31.7 Å². The van der Waals surface area contributed by atoms with Crippen molar-refractivity contribution >= 4 is 55.7 Å². The second kappa shape index (κ2) is 5.22. The SMILES string of the molecule is Cc1cnc(Nc2ccc(Br)c(I)c2)cc1N. The summed E-state index contributed by atoms with van der Waals surface area (Å²) in [5.74, 6) is 0.756. The number of pyridine rings is 1. The lowest BCUT2D eigenvalue weighted by atomic mass is 10.2. The van der Waals surface area contributed by atoms with E-state index in [1.807, 2.05) is 31.2 Å². The summed E-state index contributed by atoms with van der Waals surface area (Å²) in [4.78, 5) is 4.28.